The summed E-state index contributed by atoms with van der Waals surface area (Å²) < 4.78 is 4.91. The van der Waals surface area contributed by atoms with Gasteiger partial charge in [0, 0.05) is 66.1 Å². The highest BCUT2D eigenvalue weighted by Crippen LogP contribution is 2.32. The number of rotatable bonds is 12. The fraction of sp³-hybridized carbons (Fsp3) is 0.217. The lowest BCUT2D eigenvalue weighted by molar-refractivity contribution is -0.137. The van der Waals surface area contributed by atoms with Crippen LogP contribution in [-0.4, -0.2) is 66.1 Å². The molecule has 4 aromatic rings. The van der Waals surface area contributed by atoms with Crippen LogP contribution in [0.2, 0.25) is 0 Å². The normalized spacial score (nSPS) is 14.2. The van der Waals surface area contributed by atoms with Crippen LogP contribution in [-0.2, 0) is 27.2 Å². The molecular weight excluding hydrogens is 749 g/mol. The van der Waals surface area contributed by atoms with Crippen molar-refractivity contribution in [3.8, 4) is 6.07 Å². The minimum Gasteiger partial charge on any atom is -0.478 e. The number of carbonyl (C=O) groups excluding carboxylic acids is 4. The smallest absolute Gasteiger partial charge is 0.330 e. The van der Waals surface area contributed by atoms with Crippen molar-refractivity contribution in [1.29, 1.82) is 5.26 Å². The molecule has 0 aliphatic carbocycles. The third-order valence-electron chi connectivity index (χ3n) is 9.21. The van der Waals surface area contributed by atoms with Gasteiger partial charge in [0.05, 0.1) is 18.2 Å². The van der Waals surface area contributed by atoms with E-state index in [0.717, 1.165) is 59.1 Å². The van der Waals surface area contributed by atoms with Gasteiger partial charge in [-0.05, 0) is 115 Å². The molecule has 2 aliphatic heterocycles. The Labute approximate surface area is 342 Å². The number of aliphatic carboxylic acids is 1. The van der Waals surface area contributed by atoms with Crippen LogP contribution in [0, 0.1) is 11.3 Å². The van der Waals surface area contributed by atoms with Crippen LogP contribution in [0.15, 0.2) is 107 Å². The first-order valence-corrected chi connectivity index (χ1v) is 19.1. The summed E-state index contributed by atoms with van der Waals surface area (Å²) in [5.74, 6) is -1.49. The number of hydrogen-bond donors (Lipinski definition) is 2. The van der Waals surface area contributed by atoms with Crippen LogP contribution in [0.3, 0.4) is 0 Å². The van der Waals surface area contributed by atoms with Gasteiger partial charge >= 0.3 is 11.9 Å². The number of fused-ring (bicyclic) bond motifs is 2. The summed E-state index contributed by atoms with van der Waals surface area (Å²) in [6, 6.07) is 26.3. The molecule has 6 rings (SSSR count). The average molecular weight is 793 g/mol. The zero-order valence-corrected chi connectivity index (χ0v) is 33.1. The third kappa shape index (κ3) is 11.1. The molecule has 0 aromatic heterocycles. The maximum absolute atomic E-state index is 12.7. The van der Waals surface area contributed by atoms with Gasteiger partial charge in [0.2, 0.25) is 5.91 Å². The standard InChI is InChI=1S/C24H23N3O3.C22H21N3O4/c1-3-12-27-21-10-8-17(9-11-23(28)30-4-2)13-20(21)15-22(27)26-24(29)19-7-5-6-18(14-19)16-25;1-2-10-25-18-8-6-14(7-9-20(26)27)11-17(18)13-19(25)24-22(29)16-5-3-4-15(12-16)21(23)28/h5-11,13-14H,3-4,12,15H2,1-2H3;3-9,11-12H,2,10,13H2,1H3,(H2,23,28)(H,26,27)/b11-9+,26-22?;9-7+,24-19?. The summed E-state index contributed by atoms with van der Waals surface area (Å²) in [7, 11) is 0. The van der Waals surface area contributed by atoms with Crippen molar-refractivity contribution in [2.75, 3.05) is 29.5 Å². The van der Waals surface area contributed by atoms with Gasteiger partial charge in [-0.3, -0.25) is 14.4 Å². The molecule has 300 valence electrons. The number of aliphatic imine (C=N–C) groups is 2. The quantitative estimate of drug-likeness (QED) is 0.111. The van der Waals surface area contributed by atoms with Crippen LogP contribution in [0.5, 0.6) is 0 Å². The molecule has 0 atom stereocenters. The molecule has 13 nitrogen and oxygen atoms in total. The predicted octanol–water partition coefficient (Wildman–Crippen LogP) is 7.04. The molecule has 0 bridgehead atoms. The van der Waals surface area contributed by atoms with Crippen molar-refractivity contribution in [3.63, 3.8) is 0 Å². The van der Waals surface area contributed by atoms with Crippen molar-refractivity contribution in [1.82, 2.24) is 0 Å². The highest BCUT2D eigenvalue weighted by atomic mass is 16.5. The molecule has 0 saturated heterocycles. The number of ether oxygens (including phenoxy) is 1. The summed E-state index contributed by atoms with van der Waals surface area (Å²) in [4.78, 5) is 71.7. The second-order valence-electron chi connectivity index (χ2n) is 13.5. The number of esters is 1. The number of benzene rings is 4. The summed E-state index contributed by atoms with van der Waals surface area (Å²) in [5, 5.41) is 17.9. The lowest BCUT2D eigenvalue weighted by Gasteiger charge is -2.19. The van der Waals surface area contributed by atoms with Crippen LogP contribution in [0.25, 0.3) is 12.2 Å². The first kappa shape index (κ1) is 42.7. The van der Waals surface area contributed by atoms with Gasteiger partial charge in [-0.25, -0.2) is 9.59 Å². The van der Waals surface area contributed by atoms with E-state index in [1.54, 1.807) is 55.5 Å². The second-order valence-corrected chi connectivity index (χ2v) is 13.5. The van der Waals surface area contributed by atoms with Crippen LogP contribution < -0.4 is 15.5 Å². The molecule has 3 N–H and O–H groups in total. The molecule has 13 heteroatoms. The number of carboxylic acids is 1. The summed E-state index contributed by atoms with van der Waals surface area (Å²) >= 11 is 0. The number of nitrogens with zero attached hydrogens (tertiary/aromatic N) is 5. The molecule has 0 radical (unpaired) electrons. The molecule has 59 heavy (non-hydrogen) atoms. The molecule has 0 spiro atoms. The molecule has 0 saturated carbocycles. The van der Waals surface area contributed by atoms with Crippen LogP contribution in [0.4, 0.5) is 11.4 Å². The first-order valence-electron chi connectivity index (χ1n) is 19.1. The molecule has 0 unspecified atom stereocenters. The minimum absolute atomic E-state index is 0.256. The van der Waals surface area contributed by atoms with E-state index in [4.69, 9.17) is 20.8 Å². The zero-order valence-electron chi connectivity index (χ0n) is 33.1. The number of amidine groups is 2. The Morgan fingerprint density at radius 2 is 1.24 bits per heavy atom. The number of nitriles is 1. The van der Waals surface area contributed by atoms with Crippen molar-refractivity contribution in [2.45, 2.75) is 46.5 Å². The maximum atomic E-state index is 12.7. The first-order chi connectivity index (χ1) is 28.4. The van der Waals surface area contributed by atoms with Gasteiger partial charge < -0.3 is 25.4 Å². The number of nitrogens with two attached hydrogens (primary N) is 1. The van der Waals surface area contributed by atoms with E-state index < -0.39 is 17.8 Å². The van der Waals surface area contributed by atoms with Gasteiger partial charge in [0.25, 0.3) is 11.8 Å². The summed E-state index contributed by atoms with van der Waals surface area (Å²) in [6.45, 7) is 7.66. The second kappa shape index (κ2) is 20.1. The average Bonchev–Trinajstić information content (AvgIpc) is 3.75. The van der Waals surface area contributed by atoms with E-state index in [1.807, 2.05) is 54.3 Å². The molecule has 4 aromatic carbocycles. The van der Waals surface area contributed by atoms with Gasteiger partial charge in [0.15, 0.2) is 0 Å². The minimum atomic E-state index is -1.01. The molecular formula is C46H44N6O7. The van der Waals surface area contributed by atoms with E-state index in [2.05, 4.69) is 21.8 Å². The Bertz CT molecular complexity index is 2440. The SMILES string of the molecule is CCCN1C(=NC(=O)c2cccc(C#N)c2)Cc2cc(/C=C/C(=O)OCC)ccc21.CCCN1C(=NC(=O)c2cccc(C(N)=O)c2)Cc2cc(/C=C/C(=O)O)ccc21. The molecule has 0 fully saturated rings. The largest absolute Gasteiger partial charge is 0.478 e. The lowest BCUT2D eigenvalue weighted by atomic mass is 10.1. The van der Waals surface area contributed by atoms with E-state index in [0.29, 0.717) is 54.4 Å². The topological polar surface area (TPSA) is 196 Å². The van der Waals surface area contributed by atoms with Crippen LogP contribution in [0.1, 0.15) is 92.5 Å². The molecule has 2 heterocycles. The Morgan fingerprint density at radius 3 is 1.73 bits per heavy atom. The maximum Gasteiger partial charge on any atom is 0.330 e. The Hall–Kier alpha value is -7.46. The summed E-state index contributed by atoms with van der Waals surface area (Å²) in [6.07, 6.45) is 8.50. The van der Waals surface area contributed by atoms with Crippen molar-refractivity contribution in [3.05, 3.63) is 142 Å². The Morgan fingerprint density at radius 1 is 0.729 bits per heavy atom. The van der Waals surface area contributed by atoms with E-state index in [9.17, 15) is 24.0 Å². The van der Waals surface area contributed by atoms with Gasteiger partial charge in [0.1, 0.15) is 11.7 Å². The third-order valence-corrected chi connectivity index (χ3v) is 9.21. The van der Waals surface area contributed by atoms with E-state index in [1.165, 1.54) is 18.2 Å². The zero-order chi connectivity index (χ0) is 42.5. The van der Waals surface area contributed by atoms with Gasteiger partial charge in [-0.1, -0.05) is 38.1 Å². The lowest BCUT2D eigenvalue weighted by Crippen LogP contribution is -2.28. The number of carboxylic acid groups (broad SMARTS) is 1. The summed E-state index contributed by atoms with van der Waals surface area (Å²) in [5.41, 5.74) is 12.3. The van der Waals surface area contributed by atoms with Crippen LogP contribution >= 0.6 is 0 Å². The molecule has 3 amide bonds. The highest BCUT2D eigenvalue weighted by Gasteiger charge is 2.27. The Kier molecular flexibility index (Phi) is 14.5. The number of carbonyl (C=O) groups is 5. The van der Waals surface area contributed by atoms with Gasteiger partial charge in [-0.2, -0.15) is 15.2 Å². The fourth-order valence-corrected chi connectivity index (χ4v) is 6.60. The van der Waals surface area contributed by atoms with Gasteiger partial charge in [-0.15, -0.1) is 0 Å². The number of hydrogen-bond acceptors (Lipinski definition) is 7. The number of amides is 3. The fourth-order valence-electron chi connectivity index (χ4n) is 6.60. The Balaban J connectivity index is 0.000000224. The predicted molar refractivity (Wildman–Crippen MR) is 228 cm³/mol. The highest BCUT2D eigenvalue weighted by molar-refractivity contribution is 6.14. The van der Waals surface area contributed by atoms with Crippen molar-refractivity contribution >= 4 is 64.9 Å². The monoisotopic (exact) mass is 792 g/mol. The molecule has 2 aliphatic rings. The van der Waals surface area contributed by atoms with Crippen molar-refractivity contribution in [2.24, 2.45) is 15.7 Å². The number of anilines is 2. The van der Waals surface area contributed by atoms with E-state index >= 15 is 0 Å². The van der Waals surface area contributed by atoms with E-state index in [-0.39, 0.29) is 17.4 Å². The van der Waals surface area contributed by atoms with Crippen molar-refractivity contribution < 1.29 is 33.8 Å². The number of primary amides is 1.